The van der Waals surface area contributed by atoms with Gasteiger partial charge < -0.3 is 15.3 Å². The summed E-state index contributed by atoms with van der Waals surface area (Å²) in [5, 5.41) is 27.2. The number of aryl methyl sites for hydroxylation is 1. The number of nitrogens with zero attached hydrogens (tertiary/aromatic N) is 1. The van der Waals surface area contributed by atoms with E-state index in [0.717, 1.165) is 6.07 Å². The van der Waals surface area contributed by atoms with Gasteiger partial charge in [-0.25, -0.2) is 4.98 Å². The molecule has 2 atom stereocenters. The largest absolute Gasteiger partial charge is 0.394 e. The van der Waals surface area contributed by atoms with Crippen molar-refractivity contribution in [1.82, 2.24) is 4.98 Å². The molecule has 5 heteroatoms. The number of rotatable bonds is 3. The molecule has 2 unspecified atom stereocenters. The number of halogens is 1. The average molecular weight is 201 g/mol. The van der Waals surface area contributed by atoms with Crippen LogP contribution in [0.3, 0.4) is 0 Å². The summed E-state index contributed by atoms with van der Waals surface area (Å²) in [6, 6.07) is 1.04. The topological polar surface area (TPSA) is 73.6 Å². The molecule has 1 aromatic heterocycles. The molecule has 0 saturated heterocycles. The van der Waals surface area contributed by atoms with E-state index < -0.39 is 24.8 Å². The predicted octanol–water partition coefficient (Wildman–Crippen LogP) is -0.0843. The summed E-state index contributed by atoms with van der Waals surface area (Å²) in [6.45, 7) is 1.06. The molecule has 0 saturated carbocycles. The normalized spacial score (nSPS) is 15.2. The van der Waals surface area contributed by atoms with E-state index >= 15 is 0 Å². The minimum Gasteiger partial charge on any atom is -0.394 e. The van der Waals surface area contributed by atoms with Crippen molar-refractivity contribution >= 4 is 0 Å². The van der Waals surface area contributed by atoms with Crippen molar-refractivity contribution < 1.29 is 19.7 Å². The number of aromatic nitrogens is 1. The fourth-order valence-corrected chi connectivity index (χ4v) is 1.14. The number of aliphatic hydroxyl groups excluding tert-OH is 3. The molecule has 14 heavy (non-hydrogen) atoms. The van der Waals surface area contributed by atoms with Crippen molar-refractivity contribution in [2.24, 2.45) is 0 Å². The monoisotopic (exact) mass is 201 g/mol. The summed E-state index contributed by atoms with van der Waals surface area (Å²) < 4.78 is 12.7. The lowest BCUT2D eigenvalue weighted by molar-refractivity contribution is -0.0157. The molecule has 0 spiro atoms. The van der Waals surface area contributed by atoms with Crippen LogP contribution in [0.25, 0.3) is 0 Å². The van der Waals surface area contributed by atoms with Gasteiger partial charge in [0, 0.05) is 6.20 Å². The maximum Gasteiger partial charge on any atom is 0.213 e. The SMILES string of the molecule is Cc1cnc(F)cc1C(O)C(O)CO. The van der Waals surface area contributed by atoms with Crippen molar-refractivity contribution in [2.45, 2.75) is 19.1 Å². The number of pyridine rings is 1. The van der Waals surface area contributed by atoms with Crippen LogP contribution >= 0.6 is 0 Å². The lowest BCUT2D eigenvalue weighted by atomic mass is 10.0. The van der Waals surface area contributed by atoms with Gasteiger partial charge in [-0.15, -0.1) is 0 Å². The van der Waals surface area contributed by atoms with E-state index in [1.807, 2.05) is 0 Å². The molecule has 78 valence electrons. The van der Waals surface area contributed by atoms with Gasteiger partial charge in [-0.2, -0.15) is 4.39 Å². The zero-order valence-corrected chi connectivity index (χ0v) is 7.68. The van der Waals surface area contributed by atoms with E-state index in [1.54, 1.807) is 6.92 Å². The van der Waals surface area contributed by atoms with E-state index in [4.69, 9.17) is 10.2 Å². The summed E-state index contributed by atoms with van der Waals surface area (Å²) in [5.74, 6) is -0.727. The molecule has 1 aromatic rings. The van der Waals surface area contributed by atoms with Crippen LogP contribution in [-0.2, 0) is 0 Å². The molecule has 4 nitrogen and oxygen atoms in total. The van der Waals surface area contributed by atoms with Gasteiger partial charge in [0.25, 0.3) is 0 Å². The molecule has 0 amide bonds. The number of aliphatic hydroxyl groups is 3. The summed E-state index contributed by atoms with van der Waals surface area (Å²) >= 11 is 0. The molecule has 1 rings (SSSR count). The minimum absolute atomic E-state index is 0.235. The second-order valence-electron chi connectivity index (χ2n) is 3.06. The van der Waals surface area contributed by atoms with E-state index in [9.17, 15) is 9.50 Å². The van der Waals surface area contributed by atoms with Crippen LogP contribution in [0.15, 0.2) is 12.3 Å². The third-order valence-electron chi connectivity index (χ3n) is 1.98. The highest BCUT2D eigenvalue weighted by atomic mass is 19.1. The average Bonchev–Trinajstić information content (AvgIpc) is 2.19. The third-order valence-corrected chi connectivity index (χ3v) is 1.98. The quantitative estimate of drug-likeness (QED) is 0.598. The summed E-state index contributed by atoms with van der Waals surface area (Å²) in [5.41, 5.74) is 0.797. The minimum atomic E-state index is -1.31. The van der Waals surface area contributed by atoms with Gasteiger partial charge in [-0.1, -0.05) is 0 Å². The summed E-state index contributed by atoms with van der Waals surface area (Å²) in [7, 11) is 0. The molecule has 0 aliphatic carbocycles. The van der Waals surface area contributed by atoms with Crippen molar-refractivity contribution in [1.29, 1.82) is 0 Å². The van der Waals surface area contributed by atoms with Crippen LogP contribution in [0.2, 0.25) is 0 Å². The Morgan fingerprint density at radius 3 is 2.71 bits per heavy atom. The lowest BCUT2D eigenvalue weighted by Gasteiger charge is -2.17. The van der Waals surface area contributed by atoms with E-state index in [-0.39, 0.29) is 5.56 Å². The summed E-state index contributed by atoms with van der Waals surface area (Å²) in [4.78, 5) is 3.39. The molecule has 1 heterocycles. The van der Waals surface area contributed by atoms with Gasteiger partial charge in [-0.3, -0.25) is 0 Å². The Bertz CT molecular complexity index is 319. The second-order valence-corrected chi connectivity index (χ2v) is 3.06. The highest BCUT2D eigenvalue weighted by molar-refractivity contribution is 5.25. The standard InChI is InChI=1S/C9H12FNO3/c1-5-3-11-8(10)2-6(5)9(14)7(13)4-12/h2-3,7,9,12-14H,4H2,1H3. The first-order chi connectivity index (χ1) is 6.56. The first-order valence-corrected chi connectivity index (χ1v) is 4.15. The van der Waals surface area contributed by atoms with Crippen LogP contribution in [0.4, 0.5) is 4.39 Å². The molecule has 0 bridgehead atoms. The Labute approximate surface area is 80.7 Å². The van der Waals surface area contributed by atoms with Crippen molar-refractivity contribution in [3.8, 4) is 0 Å². The predicted molar refractivity (Wildman–Crippen MR) is 47.0 cm³/mol. The highest BCUT2D eigenvalue weighted by Crippen LogP contribution is 2.20. The van der Waals surface area contributed by atoms with E-state index in [0.29, 0.717) is 5.56 Å². The summed E-state index contributed by atoms with van der Waals surface area (Å²) in [6.07, 6.45) is -1.34. The van der Waals surface area contributed by atoms with Gasteiger partial charge in [0.1, 0.15) is 12.2 Å². The number of hydrogen-bond donors (Lipinski definition) is 3. The van der Waals surface area contributed by atoms with E-state index in [1.165, 1.54) is 6.20 Å². The van der Waals surface area contributed by atoms with E-state index in [2.05, 4.69) is 4.98 Å². The van der Waals surface area contributed by atoms with Gasteiger partial charge in [0.15, 0.2) is 0 Å². The second kappa shape index (κ2) is 4.45. The smallest absolute Gasteiger partial charge is 0.213 e. The maximum absolute atomic E-state index is 12.7. The Hall–Kier alpha value is -1.04. The van der Waals surface area contributed by atoms with Gasteiger partial charge in [0.05, 0.1) is 6.61 Å². The molecular weight excluding hydrogens is 189 g/mol. The molecule has 0 aromatic carbocycles. The van der Waals surface area contributed by atoms with Crippen molar-refractivity contribution in [2.75, 3.05) is 6.61 Å². The molecule has 0 radical (unpaired) electrons. The van der Waals surface area contributed by atoms with Crippen LogP contribution in [0, 0.1) is 12.9 Å². The molecule has 0 fully saturated rings. The Morgan fingerprint density at radius 1 is 1.50 bits per heavy atom. The van der Waals surface area contributed by atoms with Gasteiger partial charge in [0.2, 0.25) is 5.95 Å². The first-order valence-electron chi connectivity index (χ1n) is 4.15. The zero-order chi connectivity index (χ0) is 10.7. The van der Waals surface area contributed by atoms with Crippen LogP contribution in [0.1, 0.15) is 17.2 Å². The Kier molecular flexibility index (Phi) is 3.51. The Morgan fingerprint density at radius 2 is 2.14 bits per heavy atom. The maximum atomic E-state index is 12.7. The third kappa shape index (κ3) is 2.25. The highest BCUT2D eigenvalue weighted by Gasteiger charge is 2.19. The molecule has 3 N–H and O–H groups in total. The molecular formula is C9H12FNO3. The first kappa shape index (κ1) is 11.0. The van der Waals surface area contributed by atoms with Gasteiger partial charge >= 0.3 is 0 Å². The van der Waals surface area contributed by atoms with Gasteiger partial charge in [-0.05, 0) is 24.1 Å². The van der Waals surface area contributed by atoms with Crippen molar-refractivity contribution in [3.63, 3.8) is 0 Å². The zero-order valence-electron chi connectivity index (χ0n) is 7.68. The van der Waals surface area contributed by atoms with Crippen LogP contribution in [0.5, 0.6) is 0 Å². The number of hydrogen-bond acceptors (Lipinski definition) is 4. The van der Waals surface area contributed by atoms with Crippen LogP contribution in [-0.4, -0.2) is 33.0 Å². The Balaban J connectivity index is 2.99. The lowest BCUT2D eigenvalue weighted by Crippen LogP contribution is -2.23. The van der Waals surface area contributed by atoms with Crippen LogP contribution < -0.4 is 0 Å². The molecule has 0 aliphatic rings. The fourth-order valence-electron chi connectivity index (χ4n) is 1.14. The fraction of sp³-hybridized carbons (Fsp3) is 0.444. The van der Waals surface area contributed by atoms with Crippen molar-refractivity contribution in [3.05, 3.63) is 29.3 Å². The molecule has 0 aliphatic heterocycles.